The normalized spacial score (nSPS) is 21.6. The first-order valence-corrected chi connectivity index (χ1v) is 12.5. The van der Waals surface area contributed by atoms with Gasteiger partial charge in [-0.1, -0.05) is 30.3 Å². The van der Waals surface area contributed by atoms with Crippen LogP contribution < -0.4 is 10.1 Å². The molecule has 2 heterocycles. The molecule has 0 spiro atoms. The van der Waals surface area contributed by atoms with E-state index in [9.17, 15) is 13.2 Å². The van der Waals surface area contributed by atoms with Crippen LogP contribution in [0.25, 0.3) is 0 Å². The van der Waals surface area contributed by atoms with Crippen molar-refractivity contribution >= 4 is 21.4 Å². The number of ether oxygens (including phenoxy) is 1. The van der Waals surface area contributed by atoms with Crippen LogP contribution >= 0.6 is 0 Å². The van der Waals surface area contributed by atoms with Crippen LogP contribution in [-0.2, 0) is 21.2 Å². The largest absolute Gasteiger partial charge is 0.489 e. The molecular weight excluding hydrogens is 414 g/mol. The number of hydrogen-bond acceptors (Lipinski definition) is 6. The fraction of sp³-hybridized carbons (Fsp3) is 0.435. The minimum atomic E-state index is -2.86. The topological polar surface area (TPSA) is 79.0 Å². The van der Waals surface area contributed by atoms with Gasteiger partial charge in [0.15, 0.2) is 9.84 Å². The molecule has 2 aliphatic rings. The highest BCUT2D eigenvalue weighted by Gasteiger charge is 2.33. The molecule has 2 aromatic carbocycles. The van der Waals surface area contributed by atoms with Gasteiger partial charge in [-0.05, 0) is 36.2 Å². The van der Waals surface area contributed by atoms with Gasteiger partial charge >= 0.3 is 0 Å². The van der Waals surface area contributed by atoms with Crippen LogP contribution in [0.1, 0.15) is 12.0 Å². The summed E-state index contributed by atoms with van der Waals surface area (Å²) in [7, 11) is -2.86. The molecule has 166 valence electrons. The maximum atomic E-state index is 12.4. The van der Waals surface area contributed by atoms with E-state index in [1.165, 1.54) is 0 Å². The third-order valence-corrected chi connectivity index (χ3v) is 7.64. The van der Waals surface area contributed by atoms with E-state index in [0.717, 1.165) is 49.6 Å². The Labute approximate surface area is 183 Å². The number of piperazine rings is 1. The van der Waals surface area contributed by atoms with Gasteiger partial charge < -0.3 is 10.1 Å². The van der Waals surface area contributed by atoms with Gasteiger partial charge in [-0.15, -0.1) is 0 Å². The van der Waals surface area contributed by atoms with Gasteiger partial charge in [0, 0.05) is 37.9 Å². The molecule has 1 atom stereocenters. The molecule has 0 aliphatic carbocycles. The Bertz CT molecular complexity index is 972. The van der Waals surface area contributed by atoms with Crippen molar-refractivity contribution in [2.75, 3.05) is 49.5 Å². The average molecular weight is 444 g/mol. The summed E-state index contributed by atoms with van der Waals surface area (Å²) < 4.78 is 29.2. The molecule has 2 fully saturated rings. The summed E-state index contributed by atoms with van der Waals surface area (Å²) in [6.45, 7) is 4.00. The Morgan fingerprint density at radius 3 is 2.35 bits per heavy atom. The molecule has 0 unspecified atom stereocenters. The van der Waals surface area contributed by atoms with Gasteiger partial charge in [-0.3, -0.25) is 14.6 Å². The zero-order valence-electron chi connectivity index (χ0n) is 17.6. The van der Waals surface area contributed by atoms with E-state index < -0.39 is 9.84 Å². The third-order valence-electron chi connectivity index (χ3n) is 5.89. The van der Waals surface area contributed by atoms with Gasteiger partial charge in [0.05, 0.1) is 18.1 Å². The summed E-state index contributed by atoms with van der Waals surface area (Å²) in [6, 6.07) is 17.5. The number of anilines is 1. The predicted molar refractivity (Wildman–Crippen MR) is 121 cm³/mol. The van der Waals surface area contributed by atoms with Gasteiger partial charge in [-0.25, -0.2) is 8.42 Å². The van der Waals surface area contributed by atoms with Crippen LogP contribution in [-0.4, -0.2) is 74.4 Å². The molecular formula is C23H29N3O4S. The highest BCUT2D eigenvalue weighted by atomic mass is 32.2. The van der Waals surface area contributed by atoms with E-state index in [-0.39, 0.29) is 17.7 Å². The van der Waals surface area contributed by atoms with E-state index >= 15 is 0 Å². The maximum Gasteiger partial charge on any atom is 0.238 e. The number of carbonyl (C=O) groups excluding carboxylic acids is 1. The summed E-state index contributed by atoms with van der Waals surface area (Å²) in [5, 5.41) is 2.94. The molecule has 0 saturated carbocycles. The smallest absolute Gasteiger partial charge is 0.238 e. The Morgan fingerprint density at radius 2 is 1.71 bits per heavy atom. The molecule has 2 aliphatic heterocycles. The Morgan fingerprint density at radius 1 is 1.00 bits per heavy atom. The monoisotopic (exact) mass is 443 g/mol. The van der Waals surface area contributed by atoms with Crippen molar-refractivity contribution in [3.8, 4) is 5.75 Å². The van der Waals surface area contributed by atoms with Crippen LogP contribution in [0.3, 0.4) is 0 Å². The third kappa shape index (κ3) is 6.29. The molecule has 0 radical (unpaired) electrons. The second-order valence-electron chi connectivity index (χ2n) is 8.22. The molecule has 2 saturated heterocycles. The summed E-state index contributed by atoms with van der Waals surface area (Å²) in [5.74, 6) is 1.29. The molecule has 1 N–H and O–H groups in total. The van der Waals surface area contributed by atoms with Crippen LogP contribution in [0.2, 0.25) is 0 Å². The number of benzene rings is 2. The molecule has 31 heavy (non-hydrogen) atoms. The minimum absolute atomic E-state index is 0.0464. The maximum absolute atomic E-state index is 12.4. The van der Waals surface area contributed by atoms with Crippen molar-refractivity contribution < 1.29 is 17.9 Å². The van der Waals surface area contributed by atoms with Crippen molar-refractivity contribution in [3.05, 3.63) is 60.2 Å². The summed E-state index contributed by atoms with van der Waals surface area (Å²) >= 11 is 0. The lowest BCUT2D eigenvalue weighted by atomic mass is 10.2. The zero-order chi connectivity index (χ0) is 21.7. The average Bonchev–Trinajstić information content (AvgIpc) is 3.14. The molecule has 7 nitrogen and oxygen atoms in total. The van der Waals surface area contributed by atoms with E-state index in [0.29, 0.717) is 18.9 Å². The van der Waals surface area contributed by atoms with Gasteiger partial charge in [0.25, 0.3) is 0 Å². The molecule has 2 aromatic rings. The highest BCUT2D eigenvalue weighted by molar-refractivity contribution is 7.91. The van der Waals surface area contributed by atoms with E-state index in [4.69, 9.17) is 4.74 Å². The second-order valence-corrected chi connectivity index (χ2v) is 10.4. The zero-order valence-corrected chi connectivity index (χ0v) is 18.4. The van der Waals surface area contributed by atoms with E-state index in [2.05, 4.69) is 15.1 Å². The lowest BCUT2D eigenvalue weighted by molar-refractivity contribution is -0.117. The number of nitrogens with zero attached hydrogens (tertiary/aromatic N) is 2. The van der Waals surface area contributed by atoms with Gasteiger partial charge in [0.2, 0.25) is 5.91 Å². The van der Waals surface area contributed by atoms with Crippen LogP contribution in [0.5, 0.6) is 5.75 Å². The van der Waals surface area contributed by atoms with Crippen molar-refractivity contribution in [1.82, 2.24) is 9.80 Å². The number of hydrogen-bond donors (Lipinski definition) is 1. The van der Waals surface area contributed by atoms with Crippen LogP contribution in [0.4, 0.5) is 5.69 Å². The summed E-state index contributed by atoms with van der Waals surface area (Å²) in [6.07, 6.45) is 0.730. The molecule has 0 aromatic heterocycles. The SMILES string of the molecule is O=C(CN1CCN([C@H]2CCS(=O)(=O)C2)CC1)Nc1ccc(OCc2ccccc2)cc1. The van der Waals surface area contributed by atoms with Gasteiger partial charge in [-0.2, -0.15) is 0 Å². The molecule has 8 heteroatoms. The van der Waals surface area contributed by atoms with Crippen molar-refractivity contribution in [1.29, 1.82) is 0 Å². The van der Waals surface area contributed by atoms with Crippen molar-refractivity contribution in [3.63, 3.8) is 0 Å². The minimum Gasteiger partial charge on any atom is -0.489 e. The highest BCUT2D eigenvalue weighted by Crippen LogP contribution is 2.20. The van der Waals surface area contributed by atoms with Crippen LogP contribution in [0, 0.1) is 0 Å². The Hall–Kier alpha value is -2.42. The standard InChI is InChI=1S/C23H29N3O4S/c27-23(16-25-11-13-26(14-12-25)21-10-15-31(28,29)18-21)24-20-6-8-22(9-7-20)30-17-19-4-2-1-3-5-19/h1-9,21H,10-18H2,(H,24,27)/t21-/m0/s1. The lowest BCUT2D eigenvalue weighted by Crippen LogP contribution is -2.52. The predicted octanol–water partition coefficient (Wildman–Crippen LogP) is 2.01. The first-order valence-electron chi connectivity index (χ1n) is 10.7. The summed E-state index contributed by atoms with van der Waals surface area (Å²) in [5.41, 5.74) is 1.85. The van der Waals surface area contributed by atoms with Crippen LogP contribution in [0.15, 0.2) is 54.6 Å². The fourth-order valence-electron chi connectivity index (χ4n) is 4.13. The number of rotatable bonds is 7. The fourth-order valence-corrected chi connectivity index (χ4v) is 5.89. The number of carbonyl (C=O) groups is 1. The first-order chi connectivity index (χ1) is 15.0. The number of nitrogens with one attached hydrogen (secondary N) is 1. The first kappa shape index (κ1) is 21.8. The Kier molecular flexibility index (Phi) is 6.89. The quantitative estimate of drug-likeness (QED) is 0.705. The molecule has 4 rings (SSSR count). The van der Waals surface area contributed by atoms with Crippen molar-refractivity contribution in [2.24, 2.45) is 0 Å². The second kappa shape index (κ2) is 9.80. The van der Waals surface area contributed by atoms with Crippen molar-refractivity contribution in [2.45, 2.75) is 19.1 Å². The Balaban J connectivity index is 1.19. The molecule has 1 amide bonds. The lowest BCUT2D eigenvalue weighted by Gasteiger charge is -2.37. The number of amides is 1. The number of sulfone groups is 1. The van der Waals surface area contributed by atoms with E-state index in [1.807, 2.05) is 54.6 Å². The molecule has 0 bridgehead atoms. The van der Waals surface area contributed by atoms with E-state index in [1.54, 1.807) is 0 Å². The van der Waals surface area contributed by atoms with Gasteiger partial charge in [0.1, 0.15) is 12.4 Å². The summed E-state index contributed by atoms with van der Waals surface area (Å²) in [4.78, 5) is 16.8.